The molecular formula is C36H35F3N7O4+. The van der Waals surface area contributed by atoms with Gasteiger partial charge in [0.2, 0.25) is 11.7 Å². The number of benzene rings is 2. The molecule has 3 atom stereocenters. The topological polar surface area (TPSA) is 135 Å². The standard InChI is InChI=1S/C36H34F3N7O4/c37-21-14-35(8-2-11-46(35)17-21)19-49-34-42-32-25-16-40-31(30(32)39)24-13-22(47)12-20-6-7-26(38)23(29(20)24)4-1-5-28-41-27(44-50-28)15-36(48)9-3-10-45(18-36)33(25)43-34/h6-7,12-13,21,48H,1-5,8-11,14-15,17-19H2/p+1. The summed E-state index contributed by atoms with van der Waals surface area (Å²) in [6.45, 7) is 1.87. The first-order chi connectivity index (χ1) is 24.2. The molecule has 0 saturated carbocycles. The van der Waals surface area contributed by atoms with Crippen molar-refractivity contribution in [2.45, 2.75) is 75.1 Å². The fraction of sp³-hybridized carbons (Fsp3) is 0.472. The summed E-state index contributed by atoms with van der Waals surface area (Å²) in [5.74, 6) is -0.449. The molecular weight excluding hydrogens is 651 g/mol. The number of anilines is 1. The van der Waals surface area contributed by atoms with Gasteiger partial charge in [0.25, 0.3) is 0 Å². The number of aromatic nitrogens is 5. The summed E-state index contributed by atoms with van der Waals surface area (Å²) in [5.41, 5.74) is -1.54. The third-order valence-electron chi connectivity index (χ3n) is 10.9. The van der Waals surface area contributed by atoms with E-state index in [2.05, 4.69) is 31.2 Å². The Morgan fingerprint density at radius 2 is 1.96 bits per heavy atom. The number of ether oxygens (including phenoxy) is 1. The van der Waals surface area contributed by atoms with E-state index in [0.717, 1.165) is 19.4 Å². The van der Waals surface area contributed by atoms with E-state index in [1.54, 1.807) is 0 Å². The smallest absolute Gasteiger partial charge is 0.386 e. The fourth-order valence-electron chi connectivity index (χ4n) is 8.63. The summed E-state index contributed by atoms with van der Waals surface area (Å²) >= 11 is 0. The number of hydrogen-bond acceptors (Lipinski definition) is 10. The van der Waals surface area contributed by atoms with E-state index >= 15 is 8.78 Å². The number of aryl methyl sites for hydroxylation is 2. The number of aromatic hydroxyl groups is 1. The van der Waals surface area contributed by atoms with Crippen molar-refractivity contribution in [3.05, 3.63) is 59.4 Å². The molecule has 3 aromatic heterocycles. The quantitative estimate of drug-likeness (QED) is 0.282. The molecule has 0 amide bonds. The second-order valence-electron chi connectivity index (χ2n) is 14.3. The summed E-state index contributed by atoms with van der Waals surface area (Å²) in [7, 11) is 0. The number of aliphatic hydroxyl groups is 1. The van der Waals surface area contributed by atoms with Gasteiger partial charge in [-0.1, -0.05) is 11.2 Å². The lowest BCUT2D eigenvalue weighted by Gasteiger charge is -2.39. The minimum absolute atomic E-state index is 0.0979. The minimum Gasteiger partial charge on any atom is -0.508 e. The van der Waals surface area contributed by atoms with Gasteiger partial charge in [-0.2, -0.15) is 19.3 Å². The molecule has 8 heterocycles. The number of phenols is 1. The summed E-state index contributed by atoms with van der Waals surface area (Å²) in [5, 5.41) is 27.8. The largest absolute Gasteiger partial charge is 0.508 e. The lowest BCUT2D eigenvalue weighted by Crippen LogP contribution is -2.50. The van der Waals surface area contributed by atoms with Crippen LogP contribution in [0.3, 0.4) is 0 Å². The van der Waals surface area contributed by atoms with Gasteiger partial charge in [0.1, 0.15) is 29.9 Å². The van der Waals surface area contributed by atoms with Crippen LogP contribution in [0.4, 0.5) is 19.0 Å². The lowest BCUT2D eigenvalue weighted by molar-refractivity contribution is -0.281. The Balaban J connectivity index is 1.23. The highest BCUT2D eigenvalue weighted by Gasteiger charge is 2.49. The van der Waals surface area contributed by atoms with Crippen LogP contribution in [0, 0.1) is 17.8 Å². The lowest BCUT2D eigenvalue weighted by atomic mass is 9.89. The molecule has 3 unspecified atom stereocenters. The summed E-state index contributed by atoms with van der Waals surface area (Å²) in [6.07, 6.45) is 6.26. The molecule has 0 aliphatic carbocycles. The van der Waals surface area contributed by atoms with Gasteiger partial charge in [-0.05, 0) is 79.2 Å². The molecule has 10 rings (SSSR count). The Kier molecular flexibility index (Phi) is 7.29. The number of halogens is 3. The van der Waals surface area contributed by atoms with E-state index in [4.69, 9.17) is 14.2 Å². The summed E-state index contributed by atoms with van der Waals surface area (Å²) in [6, 6.07) is 5.63. The summed E-state index contributed by atoms with van der Waals surface area (Å²) in [4.78, 5) is 22.2. The van der Waals surface area contributed by atoms with E-state index in [1.807, 2.05) is 4.90 Å². The highest BCUT2D eigenvalue weighted by molar-refractivity contribution is 6.00. The van der Waals surface area contributed by atoms with E-state index in [0.29, 0.717) is 73.2 Å². The Morgan fingerprint density at radius 3 is 2.86 bits per heavy atom. The Morgan fingerprint density at radius 1 is 1.08 bits per heavy atom. The first-order valence-electron chi connectivity index (χ1n) is 17.2. The zero-order valence-electron chi connectivity index (χ0n) is 27.3. The maximum absolute atomic E-state index is 17.0. The normalized spacial score (nSPS) is 25.2. The summed E-state index contributed by atoms with van der Waals surface area (Å²) < 4.78 is 58.9. The maximum atomic E-state index is 17.0. The number of rotatable bonds is 3. The number of nitrogens with zero attached hydrogens (tertiary/aromatic N) is 7. The zero-order valence-corrected chi connectivity index (χ0v) is 27.3. The Bertz CT molecular complexity index is 2150. The van der Waals surface area contributed by atoms with E-state index in [9.17, 15) is 14.6 Å². The van der Waals surface area contributed by atoms with Crippen molar-refractivity contribution in [3.63, 3.8) is 0 Å². The molecule has 2 N–H and O–H groups in total. The van der Waals surface area contributed by atoms with E-state index in [1.165, 1.54) is 24.3 Å². The molecule has 0 radical (unpaired) electrons. The van der Waals surface area contributed by atoms with Crippen molar-refractivity contribution in [2.24, 2.45) is 0 Å². The number of fused-ring (bicyclic) bond motifs is 3. The van der Waals surface area contributed by atoms with Crippen molar-refractivity contribution in [1.29, 1.82) is 0 Å². The molecule has 258 valence electrons. The van der Waals surface area contributed by atoms with Gasteiger partial charge >= 0.3 is 17.9 Å². The van der Waals surface area contributed by atoms with E-state index < -0.39 is 28.9 Å². The molecule has 0 spiro atoms. The second kappa shape index (κ2) is 11.7. The van der Waals surface area contributed by atoms with Crippen LogP contribution in [0.5, 0.6) is 11.8 Å². The molecule has 5 aromatic rings. The van der Waals surface area contributed by atoms with Gasteiger partial charge in [0.15, 0.2) is 17.0 Å². The van der Waals surface area contributed by atoms with Gasteiger partial charge in [0, 0.05) is 44.3 Å². The molecule has 14 heteroatoms. The molecule has 5 aliphatic rings. The molecule has 11 nitrogen and oxygen atoms in total. The van der Waals surface area contributed by atoms with Gasteiger partial charge < -0.3 is 24.4 Å². The second-order valence-corrected chi connectivity index (χ2v) is 14.3. The monoisotopic (exact) mass is 686 g/mol. The van der Waals surface area contributed by atoms with Crippen LogP contribution in [-0.2, 0) is 19.3 Å². The van der Waals surface area contributed by atoms with Crippen LogP contribution in [0.25, 0.3) is 32.9 Å². The minimum atomic E-state index is -1.26. The Hall–Kier alpha value is -4.74. The average molecular weight is 687 g/mol. The number of hydrogen-bond donors (Lipinski definition) is 2. The van der Waals surface area contributed by atoms with Crippen LogP contribution in [0.15, 0.2) is 28.8 Å². The molecule has 5 aliphatic heterocycles. The van der Waals surface area contributed by atoms with Crippen molar-refractivity contribution in [3.8, 4) is 23.0 Å². The first kappa shape index (κ1) is 31.3. The van der Waals surface area contributed by atoms with Crippen molar-refractivity contribution < 1.29 is 37.6 Å². The fourth-order valence-corrected chi connectivity index (χ4v) is 8.63. The number of alkyl halides is 1. The van der Waals surface area contributed by atoms with Gasteiger partial charge in [-0.15, -0.1) is 0 Å². The van der Waals surface area contributed by atoms with Crippen LogP contribution < -0.4 is 14.6 Å². The van der Waals surface area contributed by atoms with Gasteiger partial charge in [0.05, 0.1) is 16.7 Å². The number of phenolic OH excluding ortho intramolecular Hbond substituents is 1. The van der Waals surface area contributed by atoms with Crippen molar-refractivity contribution in [2.75, 3.05) is 37.7 Å². The molecule has 50 heavy (non-hydrogen) atoms. The van der Waals surface area contributed by atoms with Crippen LogP contribution >= 0.6 is 0 Å². The Labute approximate surface area is 285 Å². The molecule has 2 aromatic carbocycles. The highest BCUT2D eigenvalue weighted by Crippen LogP contribution is 2.42. The average Bonchev–Trinajstić information content (AvgIpc) is 3.78. The predicted molar refractivity (Wildman–Crippen MR) is 173 cm³/mol. The van der Waals surface area contributed by atoms with Crippen LogP contribution in [-0.4, -0.2) is 85.3 Å². The van der Waals surface area contributed by atoms with Gasteiger partial charge in [-0.25, -0.2) is 8.78 Å². The highest BCUT2D eigenvalue weighted by atomic mass is 19.1. The van der Waals surface area contributed by atoms with E-state index in [-0.39, 0.29) is 65.7 Å². The molecule has 3 saturated heterocycles. The third-order valence-corrected chi connectivity index (χ3v) is 10.9. The molecule has 8 bridgehead atoms. The molecule has 3 fully saturated rings. The third kappa shape index (κ3) is 5.25. The van der Waals surface area contributed by atoms with Gasteiger partial charge in [-0.3, -0.25) is 4.90 Å². The maximum Gasteiger partial charge on any atom is 0.386 e. The van der Waals surface area contributed by atoms with Crippen molar-refractivity contribution in [1.82, 2.24) is 25.0 Å². The van der Waals surface area contributed by atoms with Crippen LogP contribution in [0.1, 0.15) is 55.8 Å². The van der Waals surface area contributed by atoms with Crippen LogP contribution in [0.2, 0.25) is 0 Å². The zero-order chi connectivity index (χ0) is 34.2. The predicted octanol–water partition coefficient (Wildman–Crippen LogP) is 4.23. The SMILES string of the molecule is Oc1cc2c3c(c(F)ccc3c1)CCCc1nc(no1)CC1(O)CCCN(C1)c1nc(OCC34CCCN3CC(F)C4)nc3c(F)c-2[n+]#cc13. The first-order valence-corrected chi connectivity index (χ1v) is 17.2. The number of piperidine rings is 1. The van der Waals surface area contributed by atoms with Crippen molar-refractivity contribution >= 4 is 27.5 Å².